The Morgan fingerprint density at radius 1 is 1.30 bits per heavy atom. The molecule has 0 unspecified atom stereocenters. The van der Waals surface area contributed by atoms with Gasteiger partial charge in [-0.1, -0.05) is 25.5 Å². The fourth-order valence-corrected chi connectivity index (χ4v) is 2.88. The number of carbonyl (C=O) groups excluding carboxylic acids is 2. The molecule has 0 saturated heterocycles. The Morgan fingerprint density at radius 2 is 2.04 bits per heavy atom. The molecule has 7 heteroatoms. The number of aliphatic hydroxyl groups excluding tert-OH is 1. The minimum atomic E-state index is -0.316. The van der Waals surface area contributed by atoms with Crippen molar-refractivity contribution in [3.8, 4) is 0 Å². The summed E-state index contributed by atoms with van der Waals surface area (Å²) < 4.78 is 5.41. The largest absolute Gasteiger partial charge is 0.448 e. The Hall–Kier alpha value is -2.67. The fourth-order valence-electron chi connectivity index (χ4n) is 2.88. The van der Waals surface area contributed by atoms with Gasteiger partial charge in [0.15, 0.2) is 11.6 Å². The van der Waals surface area contributed by atoms with Gasteiger partial charge in [-0.3, -0.25) is 9.59 Å². The topological polar surface area (TPSA) is 104 Å². The van der Waals surface area contributed by atoms with Crippen LogP contribution in [0, 0.1) is 0 Å². The van der Waals surface area contributed by atoms with E-state index in [0.29, 0.717) is 23.9 Å². The maximum Gasteiger partial charge on any atom is 0.277 e. The summed E-state index contributed by atoms with van der Waals surface area (Å²) in [5, 5.41) is 14.7. The number of hydrogen-bond acceptors (Lipinski definition) is 5. The summed E-state index contributed by atoms with van der Waals surface area (Å²) in [6, 6.07) is 6.85. The van der Waals surface area contributed by atoms with Crippen molar-refractivity contribution in [2.75, 3.05) is 11.9 Å². The number of oxazole rings is 1. The van der Waals surface area contributed by atoms with Crippen molar-refractivity contribution in [2.45, 2.75) is 51.0 Å². The number of aromatic nitrogens is 1. The zero-order valence-electron chi connectivity index (χ0n) is 15.4. The molecule has 1 aromatic heterocycles. The van der Waals surface area contributed by atoms with Gasteiger partial charge in [-0.05, 0) is 37.0 Å². The smallest absolute Gasteiger partial charge is 0.277 e. The van der Waals surface area contributed by atoms with E-state index in [1.807, 2.05) is 6.92 Å². The van der Waals surface area contributed by atoms with Crippen LogP contribution in [0.4, 0.5) is 5.69 Å². The van der Waals surface area contributed by atoms with Crippen molar-refractivity contribution in [3.05, 3.63) is 47.7 Å². The minimum Gasteiger partial charge on any atom is -0.448 e. The first-order valence-electron chi connectivity index (χ1n) is 9.35. The lowest BCUT2D eigenvalue weighted by molar-refractivity contribution is -0.121. The average molecular weight is 371 g/mol. The van der Waals surface area contributed by atoms with E-state index in [1.165, 1.54) is 12.7 Å². The van der Waals surface area contributed by atoms with Crippen LogP contribution in [-0.2, 0) is 11.2 Å². The third-order valence-corrected chi connectivity index (χ3v) is 4.86. The zero-order valence-corrected chi connectivity index (χ0v) is 15.4. The molecule has 3 rings (SSSR count). The molecule has 0 bridgehead atoms. The summed E-state index contributed by atoms with van der Waals surface area (Å²) >= 11 is 0. The normalized spacial score (nSPS) is 15.0. The highest BCUT2D eigenvalue weighted by atomic mass is 16.3. The highest BCUT2D eigenvalue weighted by molar-refractivity contribution is 6.02. The van der Waals surface area contributed by atoms with Crippen LogP contribution in [0.1, 0.15) is 60.5 Å². The molecule has 0 spiro atoms. The zero-order chi connectivity index (χ0) is 19.2. The van der Waals surface area contributed by atoms with Crippen LogP contribution in [0.5, 0.6) is 0 Å². The molecule has 0 aliphatic heterocycles. The molecule has 2 amide bonds. The van der Waals surface area contributed by atoms with Crippen LogP contribution < -0.4 is 10.6 Å². The van der Waals surface area contributed by atoms with Crippen molar-refractivity contribution in [3.63, 3.8) is 0 Å². The van der Waals surface area contributed by atoms with E-state index in [4.69, 9.17) is 9.52 Å². The number of amides is 2. The fraction of sp³-hybridized carbons (Fsp3) is 0.450. The van der Waals surface area contributed by atoms with Crippen LogP contribution in [-0.4, -0.2) is 34.6 Å². The molecular weight excluding hydrogens is 346 g/mol. The van der Waals surface area contributed by atoms with Gasteiger partial charge in [0.2, 0.25) is 5.91 Å². The Kier molecular flexibility index (Phi) is 6.24. The second kappa shape index (κ2) is 8.81. The van der Waals surface area contributed by atoms with Gasteiger partial charge in [-0.2, -0.15) is 0 Å². The van der Waals surface area contributed by atoms with Gasteiger partial charge in [0.25, 0.3) is 5.91 Å². The summed E-state index contributed by atoms with van der Waals surface area (Å²) in [5.74, 6) is 0.526. The van der Waals surface area contributed by atoms with Crippen LogP contribution in [0.3, 0.4) is 0 Å². The number of anilines is 1. The molecular formula is C20H25N3O4. The number of aliphatic hydroxyl groups is 1. The lowest BCUT2D eigenvalue weighted by atomic mass is 9.85. The lowest BCUT2D eigenvalue weighted by Crippen LogP contribution is -2.37. The Bertz CT molecular complexity index is 777. The van der Waals surface area contributed by atoms with Gasteiger partial charge in [-0.25, -0.2) is 4.98 Å². The standard InChI is InChI=1S/C20H25N3O4/c1-2-15(11-24)21-18(25)10-13-6-8-16(9-7-13)22-19(26)17-12-27-20(23-17)14-4-3-5-14/h6-9,12,14-15,24H,2-5,10-11H2,1H3,(H,21,25)(H,22,26)/t15-/m0/s1. The minimum absolute atomic E-state index is 0.0717. The van der Waals surface area contributed by atoms with Gasteiger partial charge in [0.05, 0.1) is 19.1 Å². The van der Waals surface area contributed by atoms with Gasteiger partial charge in [0.1, 0.15) is 6.26 Å². The third kappa shape index (κ3) is 4.95. The van der Waals surface area contributed by atoms with Crippen LogP contribution in [0.25, 0.3) is 0 Å². The predicted molar refractivity (Wildman–Crippen MR) is 101 cm³/mol. The molecule has 0 radical (unpaired) electrons. The molecule has 1 aromatic carbocycles. The van der Waals surface area contributed by atoms with Crippen LogP contribution >= 0.6 is 0 Å². The predicted octanol–water partition coefficient (Wildman–Crippen LogP) is 2.62. The number of nitrogens with zero attached hydrogens (tertiary/aromatic N) is 1. The number of rotatable bonds is 8. The van der Waals surface area contributed by atoms with Gasteiger partial charge in [0, 0.05) is 11.6 Å². The number of carbonyl (C=O) groups is 2. The molecule has 2 aromatic rings. The Morgan fingerprint density at radius 3 is 2.63 bits per heavy atom. The van der Waals surface area contributed by atoms with Crippen LogP contribution in [0.2, 0.25) is 0 Å². The van der Waals surface area contributed by atoms with Gasteiger partial charge < -0.3 is 20.2 Å². The highest BCUT2D eigenvalue weighted by Crippen LogP contribution is 2.35. The summed E-state index contributed by atoms with van der Waals surface area (Å²) in [6.45, 7) is 1.83. The van der Waals surface area contributed by atoms with E-state index < -0.39 is 0 Å². The third-order valence-electron chi connectivity index (χ3n) is 4.86. The molecule has 27 heavy (non-hydrogen) atoms. The first kappa shape index (κ1) is 19.1. The molecule has 1 aliphatic rings. The average Bonchev–Trinajstić information content (AvgIpc) is 3.09. The van der Waals surface area contributed by atoms with Crippen LogP contribution in [0.15, 0.2) is 34.9 Å². The summed E-state index contributed by atoms with van der Waals surface area (Å²) in [7, 11) is 0. The summed E-state index contributed by atoms with van der Waals surface area (Å²) in [5.41, 5.74) is 1.72. The summed E-state index contributed by atoms with van der Waals surface area (Å²) in [4.78, 5) is 28.5. The van der Waals surface area contributed by atoms with Crippen molar-refractivity contribution in [2.24, 2.45) is 0 Å². The van der Waals surface area contributed by atoms with Gasteiger partial charge in [-0.15, -0.1) is 0 Å². The first-order valence-corrected chi connectivity index (χ1v) is 9.35. The molecule has 1 fully saturated rings. The molecule has 7 nitrogen and oxygen atoms in total. The quantitative estimate of drug-likeness (QED) is 0.662. The lowest BCUT2D eigenvalue weighted by Gasteiger charge is -2.21. The second-order valence-corrected chi connectivity index (χ2v) is 6.88. The highest BCUT2D eigenvalue weighted by Gasteiger charge is 2.25. The van der Waals surface area contributed by atoms with Crippen molar-refractivity contribution >= 4 is 17.5 Å². The van der Waals surface area contributed by atoms with E-state index in [0.717, 1.165) is 18.4 Å². The van der Waals surface area contributed by atoms with Crippen molar-refractivity contribution in [1.29, 1.82) is 0 Å². The summed E-state index contributed by atoms with van der Waals surface area (Å²) in [6.07, 6.45) is 5.60. The molecule has 1 saturated carbocycles. The second-order valence-electron chi connectivity index (χ2n) is 6.88. The maximum atomic E-state index is 12.3. The first-order chi connectivity index (χ1) is 13.1. The molecule has 3 N–H and O–H groups in total. The number of benzene rings is 1. The molecule has 1 aliphatic carbocycles. The molecule has 1 heterocycles. The molecule has 144 valence electrons. The van der Waals surface area contributed by atoms with E-state index in [9.17, 15) is 9.59 Å². The maximum absolute atomic E-state index is 12.3. The van der Waals surface area contributed by atoms with Gasteiger partial charge >= 0.3 is 0 Å². The number of hydrogen-bond donors (Lipinski definition) is 3. The van der Waals surface area contributed by atoms with Crippen molar-refractivity contribution in [1.82, 2.24) is 10.3 Å². The number of nitrogens with one attached hydrogen (secondary N) is 2. The monoisotopic (exact) mass is 371 g/mol. The van der Waals surface area contributed by atoms with Crippen molar-refractivity contribution < 1.29 is 19.1 Å². The van der Waals surface area contributed by atoms with E-state index >= 15 is 0 Å². The SMILES string of the molecule is CC[C@@H](CO)NC(=O)Cc1ccc(NC(=O)c2coc(C3CCC3)n2)cc1. The van der Waals surface area contributed by atoms with E-state index in [2.05, 4.69) is 15.6 Å². The Balaban J connectivity index is 1.53. The van der Waals surface area contributed by atoms with E-state index in [1.54, 1.807) is 24.3 Å². The van der Waals surface area contributed by atoms with E-state index in [-0.39, 0.29) is 36.6 Å². The Labute approximate surface area is 158 Å². The molecule has 1 atom stereocenters.